The number of halogens is 2. The first kappa shape index (κ1) is 21.6. The number of rotatable bonds is 7. The Morgan fingerprint density at radius 2 is 2.04 bits per heavy atom. The van der Waals surface area contributed by atoms with Crippen molar-refractivity contribution in [1.82, 2.24) is 4.98 Å². The van der Waals surface area contributed by atoms with E-state index in [9.17, 15) is 0 Å². The Bertz CT molecular complexity index is 557. The van der Waals surface area contributed by atoms with Gasteiger partial charge in [-0.2, -0.15) is 0 Å². The van der Waals surface area contributed by atoms with Gasteiger partial charge in [0.15, 0.2) is 19.1 Å². The van der Waals surface area contributed by atoms with Gasteiger partial charge in [-0.1, -0.05) is 44.0 Å². The molecule has 2 heterocycles. The van der Waals surface area contributed by atoms with Gasteiger partial charge < -0.3 is 13.9 Å². The van der Waals surface area contributed by atoms with E-state index in [1.54, 1.807) is 0 Å². The molecular formula is C17H29Cl2NO3SSi. The molecule has 0 bridgehead atoms. The van der Waals surface area contributed by atoms with Crippen LogP contribution in [0, 0.1) is 0 Å². The van der Waals surface area contributed by atoms with Gasteiger partial charge in [-0.05, 0) is 37.4 Å². The van der Waals surface area contributed by atoms with E-state index in [4.69, 9.17) is 37.1 Å². The summed E-state index contributed by atoms with van der Waals surface area (Å²) >= 11 is 13.7. The summed E-state index contributed by atoms with van der Waals surface area (Å²) in [4.78, 5) is 4.98. The van der Waals surface area contributed by atoms with Crippen molar-refractivity contribution in [1.29, 1.82) is 0 Å². The standard InChI is InChI=1S/C17H29Cl2NO3SSi/c1-17(2,3)25(4,5)22-11-9-12(14-15(18)20-16(19)24-14)23-13-8-6-7-10-21-13/h12-13H,6-11H2,1-5H3. The lowest BCUT2D eigenvalue weighted by molar-refractivity contribution is -0.191. The van der Waals surface area contributed by atoms with Gasteiger partial charge in [-0.15, -0.1) is 11.3 Å². The normalized spacial score (nSPS) is 20.7. The molecule has 1 aliphatic rings. The van der Waals surface area contributed by atoms with Crippen LogP contribution in [0.15, 0.2) is 0 Å². The molecule has 0 radical (unpaired) electrons. The third-order valence-corrected chi connectivity index (χ3v) is 11.2. The molecule has 2 atom stereocenters. The summed E-state index contributed by atoms with van der Waals surface area (Å²) in [5.74, 6) is 0. The Morgan fingerprint density at radius 1 is 1.32 bits per heavy atom. The molecule has 0 amide bonds. The fourth-order valence-corrected chi connectivity index (χ4v) is 4.95. The Labute approximate surface area is 166 Å². The zero-order valence-corrected chi connectivity index (χ0v) is 19.1. The number of hydrogen-bond donors (Lipinski definition) is 0. The van der Waals surface area contributed by atoms with Crippen molar-refractivity contribution in [3.8, 4) is 0 Å². The summed E-state index contributed by atoms with van der Waals surface area (Å²) in [5, 5.41) is 0.601. The zero-order chi connectivity index (χ0) is 18.7. The van der Waals surface area contributed by atoms with Crippen molar-refractivity contribution in [3.05, 3.63) is 14.5 Å². The van der Waals surface area contributed by atoms with Gasteiger partial charge in [0, 0.05) is 19.6 Å². The maximum Gasteiger partial charge on any atom is 0.191 e. The summed E-state index contributed by atoms with van der Waals surface area (Å²) in [6.07, 6.45) is 3.43. The lowest BCUT2D eigenvalue weighted by Gasteiger charge is -2.36. The van der Waals surface area contributed by atoms with Gasteiger partial charge in [-0.3, -0.25) is 0 Å². The van der Waals surface area contributed by atoms with Gasteiger partial charge in [0.2, 0.25) is 0 Å². The fourth-order valence-electron chi connectivity index (χ4n) is 2.39. The van der Waals surface area contributed by atoms with E-state index in [0.29, 0.717) is 22.6 Å². The first-order chi connectivity index (χ1) is 11.6. The molecule has 25 heavy (non-hydrogen) atoms. The number of aromatic nitrogens is 1. The predicted molar refractivity (Wildman–Crippen MR) is 107 cm³/mol. The molecule has 1 aliphatic heterocycles. The third kappa shape index (κ3) is 6.16. The van der Waals surface area contributed by atoms with E-state index >= 15 is 0 Å². The summed E-state index contributed by atoms with van der Waals surface area (Å²) in [7, 11) is -1.79. The average Bonchev–Trinajstić information content (AvgIpc) is 2.84. The molecule has 1 aromatic heterocycles. The Kier molecular flexibility index (Phi) is 7.78. The maximum absolute atomic E-state index is 6.31. The minimum Gasteiger partial charge on any atom is -0.417 e. The van der Waals surface area contributed by atoms with Crippen LogP contribution in [-0.4, -0.2) is 32.8 Å². The molecule has 1 aromatic rings. The van der Waals surface area contributed by atoms with E-state index in [-0.39, 0.29) is 17.4 Å². The van der Waals surface area contributed by atoms with Gasteiger partial charge in [0.1, 0.15) is 11.3 Å². The third-order valence-electron chi connectivity index (χ3n) is 4.98. The molecule has 0 aliphatic carbocycles. The summed E-state index contributed by atoms with van der Waals surface area (Å²) in [6, 6.07) is 0. The highest BCUT2D eigenvalue weighted by molar-refractivity contribution is 7.16. The van der Waals surface area contributed by atoms with Crippen molar-refractivity contribution in [2.24, 2.45) is 0 Å². The quantitative estimate of drug-likeness (QED) is 0.470. The minimum absolute atomic E-state index is 0.182. The van der Waals surface area contributed by atoms with Crippen molar-refractivity contribution < 1.29 is 13.9 Å². The Morgan fingerprint density at radius 3 is 2.56 bits per heavy atom. The topological polar surface area (TPSA) is 40.6 Å². The van der Waals surface area contributed by atoms with Crippen LogP contribution in [0.5, 0.6) is 0 Å². The highest BCUT2D eigenvalue weighted by Crippen LogP contribution is 2.39. The molecule has 8 heteroatoms. The van der Waals surface area contributed by atoms with Gasteiger partial charge in [-0.25, -0.2) is 4.98 Å². The Balaban J connectivity index is 2.03. The molecular weight excluding hydrogens is 397 g/mol. The van der Waals surface area contributed by atoms with Crippen LogP contribution in [0.3, 0.4) is 0 Å². The zero-order valence-electron chi connectivity index (χ0n) is 15.7. The number of ether oxygens (including phenoxy) is 2. The first-order valence-corrected chi connectivity index (χ1v) is 13.3. The SMILES string of the molecule is CC(C)(C)[Si](C)(C)OCCC(OC1CCCCO1)c1sc(Cl)nc1Cl. The molecule has 1 fully saturated rings. The lowest BCUT2D eigenvalue weighted by atomic mass is 10.2. The van der Waals surface area contributed by atoms with E-state index < -0.39 is 8.32 Å². The molecule has 144 valence electrons. The van der Waals surface area contributed by atoms with Crippen molar-refractivity contribution >= 4 is 42.9 Å². The Hall–Kier alpha value is 0.307. The lowest BCUT2D eigenvalue weighted by Crippen LogP contribution is -2.41. The van der Waals surface area contributed by atoms with Crippen LogP contribution in [-0.2, 0) is 13.9 Å². The second-order valence-corrected chi connectivity index (χ2v) is 14.7. The van der Waals surface area contributed by atoms with Crippen molar-refractivity contribution in [2.75, 3.05) is 13.2 Å². The van der Waals surface area contributed by atoms with Crippen LogP contribution < -0.4 is 0 Å². The maximum atomic E-state index is 6.31. The molecule has 2 rings (SSSR count). The molecule has 0 spiro atoms. The van der Waals surface area contributed by atoms with Crippen molar-refractivity contribution in [3.63, 3.8) is 0 Å². The predicted octanol–water partition coefficient (Wildman–Crippen LogP) is 6.45. The van der Waals surface area contributed by atoms with Gasteiger partial charge in [0.25, 0.3) is 0 Å². The second-order valence-electron chi connectivity index (χ2n) is 7.94. The summed E-state index contributed by atoms with van der Waals surface area (Å²) in [5.41, 5.74) is 0. The fraction of sp³-hybridized carbons (Fsp3) is 0.824. The highest BCUT2D eigenvalue weighted by atomic mass is 35.5. The van der Waals surface area contributed by atoms with Crippen LogP contribution >= 0.6 is 34.5 Å². The number of hydrogen-bond acceptors (Lipinski definition) is 5. The molecule has 0 saturated carbocycles. The first-order valence-electron chi connectivity index (χ1n) is 8.83. The molecule has 0 N–H and O–H groups in total. The van der Waals surface area contributed by atoms with E-state index in [1.165, 1.54) is 11.3 Å². The average molecular weight is 426 g/mol. The van der Waals surface area contributed by atoms with Gasteiger partial charge in [0.05, 0.1) is 4.88 Å². The molecule has 1 saturated heterocycles. The smallest absolute Gasteiger partial charge is 0.191 e. The number of nitrogens with zero attached hydrogens (tertiary/aromatic N) is 1. The van der Waals surface area contributed by atoms with E-state index in [2.05, 4.69) is 38.8 Å². The molecule has 0 aromatic carbocycles. The molecule has 2 unspecified atom stereocenters. The minimum atomic E-state index is -1.79. The second kappa shape index (κ2) is 9.00. The largest absolute Gasteiger partial charge is 0.417 e. The monoisotopic (exact) mass is 425 g/mol. The van der Waals surface area contributed by atoms with E-state index in [0.717, 1.165) is 30.7 Å². The molecule has 4 nitrogen and oxygen atoms in total. The summed E-state index contributed by atoms with van der Waals surface area (Å²) < 4.78 is 18.7. The van der Waals surface area contributed by atoms with Crippen molar-refractivity contribution in [2.45, 2.75) is 77.0 Å². The van der Waals surface area contributed by atoms with Crippen LogP contribution in [0.4, 0.5) is 0 Å². The highest BCUT2D eigenvalue weighted by Gasteiger charge is 2.37. The number of thiazole rings is 1. The van der Waals surface area contributed by atoms with Crippen LogP contribution in [0.1, 0.15) is 57.4 Å². The van der Waals surface area contributed by atoms with E-state index in [1.807, 2.05) is 0 Å². The van der Waals surface area contributed by atoms with Crippen LogP contribution in [0.25, 0.3) is 0 Å². The van der Waals surface area contributed by atoms with Crippen LogP contribution in [0.2, 0.25) is 27.8 Å². The van der Waals surface area contributed by atoms with Gasteiger partial charge >= 0.3 is 0 Å². The summed E-state index contributed by atoms with van der Waals surface area (Å²) in [6.45, 7) is 12.6.